The number of rotatable bonds is 6. The Balaban J connectivity index is 1.40. The highest BCUT2D eigenvalue weighted by Crippen LogP contribution is 2.20. The van der Waals surface area contributed by atoms with E-state index in [9.17, 15) is 4.79 Å². The van der Waals surface area contributed by atoms with Crippen molar-refractivity contribution in [3.8, 4) is 0 Å². The van der Waals surface area contributed by atoms with Gasteiger partial charge in [-0.1, -0.05) is 46.3 Å². The number of hydrogen-bond acceptors (Lipinski definition) is 3. The van der Waals surface area contributed by atoms with Crippen molar-refractivity contribution in [2.24, 2.45) is 0 Å². The molecule has 1 saturated heterocycles. The van der Waals surface area contributed by atoms with Gasteiger partial charge in [-0.15, -0.1) is 11.8 Å². The van der Waals surface area contributed by atoms with Gasteiger partial charge in [0.25, 0.3) is 0 Å². The summed E-state index contributed by atoms with van der Waals surface area (Å²) < 4.78 is 1.06. The summed E-state index contributed by atoms with van der Waals surface area (Å²) in [6, 6.07) is 18.8. The molecule has 2 aromatic carbocycles. The van der Waals surface area contributed by atoms with Gasteiger partial charge >= 0.3 is 0 Å². The van der Waals surface area contributed by atoms with Gasteiger partial charge in [0.2, 0.25) is 5.91 Å². The van der Waals surface area contributed by atoms with E-state index in [2.05, 4.69) is 50.4 Å². The molecule has 0 spiro atoms. The molecule has 0 aromatic heterocycles. The fourth-order valence-corrected chi connectivity index (χ4v) is 3.86. The zero-order valence-corrected chi connectivity index (χ0v) is 15.9. The van der Waals surface area contributed by atoms with E-state index in [1.807, 2.05) is 30.3 Å². The van der Waals surface area contributed by atoms with Crippen molar-refractivity contribution >= 4 is 33.6 Å². The molecule has 3 rings (SSSR count). The minimum absolute atomic E-state index is 0.120. The minimum atomic E-state index is 0.120. The van der Waals surface area contributed by atoms with Crippen LogP contribution in [-0.2, 0) is 11.3 Å². The van der Waals surface area contributed by atoms with Crippen LogP contribution in [0.15, 0.2) is 64.0 Å². The third-order valence-corrected chi connectivity index (χ3v) is 5.61. The van der Waals surface area contributed by atoms with Crippen molar-refractivity contribution in [1.82, 2.24) is 10.2 Å². The summed E-state index contributed by atoms with van der Waals surface area (Å²) >= 11 is 5.00. The Bertz CT molecular complexity index is 663. The number of nitrogens with zero attached hydrogens (tertiary/aromatic N) is 1. The lowest BCUT2D eigenvalue weighted by Gasteiger charge is -2.16. The lowest BCUT2D eigenvalue weighted by atomic mass is 10.2. The second kappa shape index (κ2) is 8.70. The lowest BCUT2D eigenvalue weighted by Crippen LogP contribution is -2.37. The van der Waals surface area contributed by atoms with E-state index in [0.29, 0.717) is 5.75 Å². The van der Waals surface area contributed by atoms with Crippen molar-refractivity contribution in [3.63, 3.8) is 0 Å². The van der Waals surface area contributed by atoms with Crippen LogP contribution in [0.2, 0.25) is 0 Å². The average molecular weight is 405 g/mol. The molecule has 5 heteroatoms. The Morgan fingerprint density at radius 2 is 1.92 bits per heavy atom. The van der Waals surface area contributed by atoms with Crippen LogP contribution in [0.25, 0.3) is 0 Å². The topological polar surface area (TPSA) is 32.3 Å². The van der Waals surface area contributed by atoms with E-state index >= 15 is 0 Å². The van der Waals surface area contributed by atoms with Crippen LogP contribution in [0.1, 0.15) is 12.0 Å². The zero-order valence-electron chi connectivity index (χ0n) is 13.5. The number of likely N-dealkylation sites (tertiary alicyclic amines) is 1. The van der Waals surface area contributed by atoms with Gasteiger partial charge < -0.3 is 5.32 Å². The molecule has 0 bridgehead atoms. The summed E-state index contributed by atoms with van der Waals surface area (Å²) in [5, 5.41) is 3.17. The Morgan fingerprint density at radius 1 is 1.17 bits per heavy atom. The predicted molar refractivity (Wildman–Crippen MR) is 103 cm³/mol. The number of amides is 1. The maximum atomic E-state index is 12.1. The third-order valence-electron chi connectivity index (χ3n) is 4.07. The number of hydrogen-bond donors (Lipinski definition) is 1. The van der Waals surface area contributed by atoms with Crippen LogP contribution < -0.4 is 5.32 Å². The van der Waals surface area contributed by atoms with Gasteiger partial charge in [0, 0.05) is 35.0 Å². The Hall–Kier alpha value is -1.30. The average Bonchev–Trinajstić information content (AvgIpc) is 3.02. The van der Waals surface area contributed by atoms with E-state index in [1.165, 1.54) is 5.56 Å². The third kappa shape index (κ3) is 5.36. The molecule has 1 atom stereocenters. The molecule has 24 heavy (non-hydrogen) atoms. The second-order valence-corrected chi connectivity index (χ2v) is 7.98. The Morgan fingerprint density at radius 3 is 2.67 bits per heavy atom. The monoisotopic (exact) mass is 404 g/mol. The van der Waals surface area contributed by atoms with Gasteiger partial charge in [0.1, 0.15) is 0 Å². The van der Waals surface area contributed by atoms with Gasteiger partial charge in [0.05, 0.1) is 5.75 Å². The molecule has 1 N–H and O–H groups in total. The fraction of sp³-hybridized carbons (Fsp3) is 0.316. The minimum Gasteiger partial charge on any atom is -0.351 e. The molecule has 3 nitrogen and oxygen atoms in total. The van der Waals surface area contributed by atoms with Gasteiger partial charge in [-0.3, -0.25) is 9.69 Å². The molecule has 1 amide bonds. The fourth-order valence-electron chi connectivity index (χ4n) is 2.88. The Kier molecular flexibility index (Phi) is 6.35. The van der Waals surface area contributed by atoms with Crippen LogP contribution in [0.4, 0.5) is 0 Å². The first-order valence-corrected chi connectivity index (χ1v) is 9.91. The van der Waals surface area contributed by atoms with E-state index in [0.717, 1.165) is 35.4 Å². The highest BCUT2D eigenvalue weighted by Gasteiger charge is 2.23. The molecule has 1 aliphatic heterocycles. The van der Waals surface area contributed by atoms with Crippen molar-refractivity contribution in [3.05, 3.63) is 64.6 Å². The summed E-state index contributed by atoms with van der Waals surface area (Å²) in [6.07, 6.45) is 1.03. The van der Waals surface area contributed by atoms with E-state index in [-0.39, 0.29) is 11.9 Å². The first kappa shape index (κ1) is 17.5. The van der Waals surface area contributed by atoms with Crippen molar-refractivity contribution in [2.75, 3.05) is 18.8 Å². The summed E-state index contributed by atoms with van der Waals surface area (Å²) in [5.41, 5.74) is 1.33. The molecule has 1 fully saturated rings. The first-order chi connectivity index (χ1) is 11.7. The van der Waals surface area contributed by atoms with Gasteiger partial charge in [0.15, 0.2) is 0 Å². The molecule has 1 aliphatic rings. The Labute approximate surface area is 155 Å². The van der Waals surface area contributed by atoms with Gasteiger partial charge in [-0.2, -0.15) is 0 Å². The smallest absolute Gasteiger partial charge is 0.230 e. The summed E-state index contributed by atoms with van der Waals surface area (Å²) in [4.78, 5) is 15.7. The van der Waals surface area contributed by atoms with Crippen LogP contribution >= 0.6 is 27.7 Å². The molecule has 0 saturated carbocycles. The maximum absolute atomic E-state index is 12.1. The summed E-state index contributed by atoms with van der Waals surface area (Å²) in [7, 11) is 0. The molecule has 2 aromatic rings. The van der Waals surface area contributed by atoms with Crippen molar-refractivity contribution in [1.29, 1.82) is 0 Å². The van der Waals surface area contributed by atoms with Crippen LogP contribution in [0, 0.1) is 0 Å². The van der Waals surface area contributed by atoms with Crippen LogP contribution in [-0.4, -0.2) is 35.7 Å². The van der Waals surface area contributed by atoms with Gasteiger partial charge in [-0.25, -0.2) is 0 Å². The molecular weight excluding hydrogens is 384 g/mol. The highest BCUT2D eigenvalue weighted by atomic mass is 79.9. The number of halogens is 1. The standard InChI is InChI=1S/C19H21BrN2OS/c20-16-6-8-18(9-7-16)24-14-19(23)21-17-10-11-22(13-17)12-15-4-2-1-3-5-15/h1-9,17H,10-14H2,(H,21,23)/t17-/m0/s1. The summed E-state index contributed by atoms with van der Waals surface area (Å²) in [5.74, 6) is 0.589. The number of benzene rings is 2. The molecule has 0 aliphatic carbocycles. The van der Waals surface area contributed by atoms with Gasteiger partial charge in [-0.05, 0) is 36.2 Å². The maximum Gasteiger partial charge on any atom is 0.230 e. The molecule has 1 heterocycles. The molecule has 126 valence electrons. The highest BCUT2D eigenvalue weighted by molar-refractivity contribution is 9.10. The van der Waals surface area contributed by atoms with Crippen molar-refractivity contribution in [2.45, 2.75) is 23.9 Å². The van der Waals surface area contributed by atoms with Crippen LogP contribution in [0.5, 0.6) is 0 Å². The molecule has 0 radical (unpaired) electrons. The van der Waals surface area contributed by atoms with E-state index in [1.54, 1.807) is 11.8 Å². The number of thioether (sulfide) groups is 1. The SMILES string of the molecule is O=C(CSc1ccc(Br)cc1)N[C@H]1CCN(Cc2ccccc2)C1. The second-order valence-electron chi connectivity index (χ2n) is 6.02. The molecular formula is C19H21BrN2OS. The largest absolute Gasteiger partial charge is 0.351 e. The zero-order chi connectivity index (χ0) is 16.8. The van der Waals surface area contributed by atoms with E-state index in [4.69, 9.17) is 0 Å². The first-order valence-electron chi connectivity index (χ1n) is 8.13. The normalized spacial score (nSPS) is 17.8. The quantitative estimate of drug-likeness (QED) is 0.740. The van der Waals surface area contributed by atoms with E-state index < -0.39 is 0 Å². The number of carbonyl (C=O) groups excluding carboxylic acids is 1. The lowest BCUT2D eigenvalue weighted by molar-refractivity contribution is -0.119. The van der Waals surface area contributed by atoms with Crippen molar-refractivity contribution < 1.29 is 4.79 Å². The number of carbonyl (C=O) groups is 1. The van der Waals surface area contributed by atoms with Crippen LogP contribution in [0.3, 0.4) is 0 Å². The summed E-state index contributed by atoms with van der Waals surface area (Å²) in [6.45, 7) is 2.93. The number of nitrogens with one attached hydrogen (secondary N) is 1. The molecule has 0 unspecified atom stereocenters. The predicted octanol–water partition coefficient (Wildman–Crippen LogP) is 3.93.